The van der Waals surface area contributed by atoms with Gasteiger partial charge in [0.05, 0.1) is 6.10 Å². The predicted molar refractivity (Wildman–Crippen MR) is 95.6 cm³/mol. The van der Waals surface area contributed by atoms with Gasteiger partial charge in [-0.05, 0) is 44.6 Å². The molecule has 3 rings (SSSR count). The van der Waals surface area contributed by atoms with E-state index < -0.39 is 6.10 Å². The number of ether oxygens (including phenoxy) is 2. The zero-order valence-corrected chi connectivity index (χ0v) is 15.2. The first-order valence-electron chi connectivity index (χ1n) is 9.91. The maximum absolute atomic E-state index is 12.3. The highest BCUT2D eigenvalue weighted by atomic mass is 16.6. The second kappa shape index (κ2) is 8.33. The number of fused-ring (bicyclic) bond motifs is 3. The number of unbranched alkanes of at least 4 members (excludes halogenated alkanes) is 5. The van der Waals surface area contributed by atoms with E-state index in [1.54, 1.807) is 0 Å². The Kier molecular flexibility index (Phi) is 6.15. The molecule has 1 aliphatic carbocycles. The first kappa shape index (κ1) is 17.7. The minimum absolute atomic E-state index is 0.0626. The molecule has 3 aliphatic rings. The number of hydrogen-bond donors (Lipinski definition) is 0. The van der Waals surface area contributed by atoms with E-state index in [-0.39, 0.29) is 24.1 Å². The Morgan fingerprint density at radius 2 is 2.04 bits per heavy atom. The molecule has 2 aliphatic heterocycles. The Morgan fingerprint density at radius 1 is 1.21 bits per heavy atom. The molecule has 1 saturated carbocycles. The Bertz CT molecular complexity index is 493. The number of esters is 1. The molecule has 0 unspecified atom stereocenters. The molecular weight excluding hydrogens is 300 g/mol. The summed E-state index contributed by atoms with van der Waals surface area (Å²) in [7, 11) is 0. The second-order valence-corrected chi connectivity index (χ2v) is 7.67. The summed E-state index contributed by atoms with van der Waals surface area (Å²) in [6.45, 7) is 4.38. The van der Waals surface area contributed by atoms with Crippen molar-refractivity contribution in [1.29, 1.82) is 0 Å². The number of rotatable bonds is 7. The largest absolute Gasteiger partial charge is 0.460 e. The molecule has 5 atom stereocenters. The van der Waals surface area contributed by atoms with E-state index in [1.807, 2.05) is 0 Å². The third kappa shape index (κ3) is 3.93. The topological polar surface area (TPSA) is 35.5 Å². The normalized spacial score (nSPS) is 35.5. The third-order valence-electron chi connectivity index (χ3n) is 5.83. The number of carbonyl (C=O) groups excluding carboxylic acids is 1. The van der Waals surface area contributed by atoms with E-state index in [2.05, 4.69) is 32.1 Å². The summed E-state index contributed by atoms with van der Waals surface area (Å²) in [5.74, 6) is 0.536. The van der Waals surface area contributed by atoms with Gasteiger partial charge in [0.25, 0.3) is 0 Å². The summed E-state index contributed by atoms with van der Waals surface area (Å²) >= 11 is 0. The fraction of sp³-hybridized carbons (Fsp3) is 0.762. The van der Waals surface area contributed by atoms with Crippen LogP contribution in [0, 0.1) is 11.8 Å². The minimum atomic E-state index is -0.396. The molecule has 2 fully saturated rings. The van der Waals surface area contributed by atoms with Gasteiger partial charge >= 0.3 is 5.97 Å². The van der Waals surface area contributed by atoms with Crippen LogP contribution in [0.15, 0.2) is 23.8 Å². The van der Waals surface area contributed by atoms with Crippen molar-refractivity contribution in [3.8, 4) is 0 Å². The molecule has 2 heterocycles. The molecule has 0 spiro atoms. The van der Waals surface area contributed by atoms with Gasteiger partial charge in [0.1, 0.15) is 6.10 Å². The van der Waals surface area contributed by atoms with Crippen molar-refractivity contribution in [3.05, 3.63) is 23.8 Å². The first-order valence-corrected chi connectivity index (χ1v) is 9.91. The lowest BCUT2D eigenvalue weighted by atomic mass is 9.79. The maximum atomic E-state index is 12.3. The molecule has 0 aromatic rings. The molecule has 0 N–H and O–H groups in total. The lowest BCUT2D eigenvalue weighted by molar-refractivity contribution is -0.185. The van der Waals surface area contributed by atoms with E-state index in [0.29, 0.717) is 5.92 Å². The highest BCUT2D eigenvalue weighted by Crippen LogP contribution is 2.44. The van der Waals surface area contributed by atoms with E-state index in [0.717, 1.165) is 19.3 Å². The predicted octanol–water partition coefficient (Wildman–Crippen LogP) is 4.96. The van der Waals surface area contributed by atoms with Crippen LogP contribution in [0.25, 0.3) is 0 Å². The van der Waals surface area contributed by atoms with Gasteiger partial charge in [0, 0.05) is 11.8 Å². The van der Waals surface area contributed by atoms with Crippen LogP contribution in [0.2, 0.25) is 0 Å². The second-order valence-electron chi connectivity index (χ2n) is 7.67. The minimum Gasteiger partial charge on any atom is -0.460 e. The smallest absolute Gasteiger partial charge is 0.336 e. The van der Waals surface area contributed by atoms with Crippen LogP contribution >= 0.6 is 0 Å². The molecule has 0 amide bonds. The van der Waals surface area contributed by atoms with Gasteiger partial charge < -0.3 is 9.47 Å². The average Bonchev–Trinajstić information content (AvgIpc) is 3.03. The van der Waals surface area contributed by atoms with Gasteiger partial charge in [0.2, 0.25) is 0 Å². The van der Waals surface area contributed by atoms with Gasteiger partial charge in [-0.3, -0.25) is 0 Å². The van der Waals surface area contributed by atoms with E-state index in [1.165, 1.54) is 44.1 Å². The first-order chi connectivity index (χ1) is 11.7. The molecule has 1 saturated heterocycles. The molecule has 24 heavy (non-hydrogen) atoms. The molecule has 3 nitrogen and oxygen atoms in total. The summed E-state index contributed by atoms with van der Waals surface area (Å²) in [6.07, 6.45) is 17.3. The van der Waals surface area contributed by atoms with Crippen LogP contribution in [-0.4, -0.2) is 24.3 Å². The Hall–Kier alpha value is -1.09. The number of hydrogen-bond acceptors (Lipinski definition) is 3. The summed E-state index contributed by atoms with van der Waals surface area (Å²) < 4.78 is 11.8. The van der Waals surface area contributed by atoms with Crippen molar-refractivity contribution in [3.63, 3.8) is 0 Å². The van der Waals surface area contributed by atoms with Crippen LogP contribution in [0.1, 0.15) is 71.6 Å². The molecule has 0 aromatic carbocycles. The van der Waals surface area contributed by atoms with Crippen LogP contribution in [-0.2, 0) is 14.3 Å². The van der Waals surface area contributed by atoms with Crippen LogP contribution in [0.5, 0.6) is 0 Å². The Balaban J connectivity index is 1.55. The van der Waals surface area contributed by atoms with Crippen molar-refractivity contribution < 1.29 is 14.3 Å². The van der Waals surface area contributed by atoms with Gasteiger partial charge in [-0.2, -0.15) is 0 Å². The van der Waals surface area contributed by atoms with Crippen molar-refractivity contribution in [2.24, 2.45) is 11.8 Å². The quantitative estimate of drug-likeness (QED) is 0.375. The summed E-state index contributed by atoms with van der Waals surface area (Å²) in [4.78, 5) is 12.3. The molecule has 0 radical (unpaired) electrons. The third-order valence-corrected chi connectivity index (χ3v) is 5.83. The summed E-state index contributed by atoms with van der Waals surface area (Å²) in [5, 5.41) is 0. The molecule has 3 heteroatoms. The van der Waals surface area contributed by atoms with Crippen LogP contribution in [0.4, 0.5) is 0 Å². The van der Waals surface area contributed by atoms with Crippen molar-refractivity contribution in [2.45, 2.75) is 89.9 Å². The standard InChI is InChI=1S/C21H32O3/c1-3-4-5-6-7-8-9-12-18-15(2)14-17-16-11-10-13-19(16)24-21(22)20(17)23-18/h9,12,14,16-20H,3-8,10-11,13H2,1-2H3/b12-9+/t16-,17-,18-,19+,20-/m1/s1. The fourth-order valence-electron chi connectivity index (χ4n) is 4.44. The number of allylic oxidation sites excluding steroid dienone is 1. The maximum Gasteiger partial charge on any atom is 0.336 e. The van der Waals surface area contributed by atoms with Crippen molar-refractivity contribution in [1.82, 2.24) is 0 Å². The summed E-state index contributed by atoms with van der Waals surface area (Å²) in [5.41, 5.74) is 1.25. The molecular formula is C21H32O3. The zero-order chi connectivity index (χ0) is 16.9. The van der Waals surface area contributed by atoms with Crippen molar-refractivity contribution >= 4 is 5.97 Å². The molecule has 0 bridgehead atoms. The van der Waals surface area contributed by atoms with E-state index in [9.17, 15) is 4.79 Å². The monoisotopic (exact) mass is 332 g/mol. The fourth-order valence-corrected chi connectivity index (χ4v) is 4.44. The summed E-state index contributed by atoms with van der Waals surface area (Å²) in [6, 6.07) is 0. The average molecular weight is 332 g/mol. The van der Waals surface area contributed by atoms with E-state index in [4.69, 9.17) is 9.47 Å². The Morgan fingerprint density at radius 3 is 2.88 bits per heavy atom. The lowest BCUT2D eigenvalue weighted by Crippen LogP contribution is -2.50. The van der Waals surface area contributed by atoms with Crippen LogP contribution < -0.4 is 0 Å². The molecule has 0 aromatic heterocycles. The Labute approximate surface area is 146 Å². The number of carbonyl (C=O) groups is 1. The zero-order valence-electron chi connectivity index (χ0n) is 15.2. The van der Waals surface area contributed by atoms with E-state index >= 15 is 0 Å². The SMILES string of the molecule is CCCCCCC/C=C/[C@H]1O[C@H]2C(=O)O[C@H]3CCC[C@@H]3[C@H]2C=C1C. The molecule has 134 valence electrons. The van der Waals surface area contributed by atoms with Crippen LogP contribution in [0.3, 0.4) is 0 Å². The lowest BCUT2D eigenvalue weighted by Gasteiger charge is -2.41. The van der Waals surface area contributed by atoms with Gasteiger partial charge in [-0.25, -0.2) is 4.79 Å². The van der Waals surface area contributed by atoms with Gasteiger partial charge in [-0.15, -0.1) is 0 Å². The van der Waals surface area contributed by atoms with Crippen molar-refractivity contribution in [2.75, 3.05) is 0 Å². The van der Waals surface area contributed by atoms with Gasteiger partial charge in [0.15, 0.2) is 6.10 Å². The highest BCUT2D eigenvalue weighted by molar-refractivity contribution is 5.77. The highest BCUT2D eigenvalue weighted by Gasteiger charge is 2.49. The van der Waals surface area contributed by atoms with Gasteiger partial charge in [-0.1, -0.05) is 50.8 Å².